The fraction of sp³-hybridized carbons (Fsp3) is 0.379. The van der Waals surface area contributed by atoms with Crippen molar-refractivity contribution in [3.8, 4) is 5.69 Å². The lowest BCUT2D eigenvalue weighted by molar-refractivity contribution is 0.0695. The summed E-state index contributed by atoms with van der Waals surface area (Å²) in [6.45, 7) is 5.12. The number of carbonyl (C=O) groups is 1. The fourth-order valence-electron chi connectivity index (χ4n) is 5.84. The van der Waals surface area contributed by atoms with Crippen LogP contribution in [0.1, 0.15) is 70.0 Å². The monoisotopic (exact) mass is 496 g/mol. The van der Waals surface area contributed by atoms with Crippen molar-refractivity contribution in [1.82, 2.24) is 29.7 Å². The molecule has 1 fully saturated rings. The normalized spacial score (nSPS) is 21.4. The molecule has 6 rings (SSSR count). The van der Waals surface area contributed by atoms with Crippen LogP contribution in [-0.4, -0.2) is 47.3 Å². The van der Waals surface area contributed by atoms with Crippen LogP contribution >= 0.6 is 0 Å². The van der Waals surface area contributed by atoms with Gasteiger partial charge in [-0.05, 0) is 47.6 Å². The van der Waals surface area contributed by atoms with Crippen molar-refractivity contribution in [3.63, 3.8) is 0 Å². The quantitative estimate of drug-likeness (QED) is 0.404. The molecular weight excluding hydrogens is 464 g/mol. The second-order valence-electron chi connectivity index (χ2n) is 10.5. The van der Waals surface area contributed by atoms with Crippen LogP contribution in [0.2, 0.25) is 0 Å². The number of hydrogen-bond acceptors (Lipinski definition) is 5. The zero-order valence-electron chi connectivity index (χ0n) is 21.3. The molecule has 8 heteroatoms. The Balaban J connectivity index is 1.28. The van der Waals surface area contributed by atoms with Crippen molar-refractivity contribution in [2.45, 2.75) is 51.1 Å². The van der Waals surface area contributed by atoms with Gasteiger partial charge in [0, 0.05) is 44.7 Å². The molecule has 37 heavy (non-hydrogen) atoms. The van der Waals surface area contributed by atoms with Gasteiger partial charge >= 0.3 is 5.97 Å². The number of hydrogen-bond donors (Lipinski definition) is 1. The summed E-state index contributed by atoms with van der Waals surface area (Å²) in [5.41, 5.74) is 6.89. The lowest BCUT2D eigenvalue weighted by atomic mass is 9.96. The largest absolute Gasteiger partial charge is 0.478 e. The average Bonchev–Trinajstić information content (AvgIpc) is 3.41. The van der Waals surface area contributed by atoms with E-state index in [0.717, 1.165) is 56.0 Å². The van der Waals surface area contributed by atoms with Gasteiger partial charge in [0.15, 0.2) is 0 Å². The first-order valence-electron chi connectivity index (χ1n) is 13.1. The minimum Gasteiger partial charge on any atom is -0.478 e. The number of aromatic carboxylic acids is 1. The number of nitrogens with zero attached hydrogens (tertiary/aromatic N) is 6. The lowest BCUT2D eigenvalue weighted by Gasteiger charge is -2.24. The first-order chi connectivity index (χ1) is 18.0. The molecule has 4 aromatic rings. The number of carboxylic acids is 1. The van der Waals surface area contributed by atoms with E-state index in [4.69, 9.17) is 0 Å². The van der Waals surface area contributed by atoms with Crippen molar-refractivity contribution in [3.05, 3.63) is 94.6 Å². The van der Waals surface area contributed by atoms with Crippen LogP contribution < -0.4 is 0 Å². The number of aromatic nitrogens is 5. The topological polar surface area (TPSA) is 89.1 Å². The average molecular weight is 497 g/mol. The van der Waals surface area contributed by atoms with Crippen LogP contribution in [0.25, 0.3) is 5.69 Å². The summed E-state index contributed by atoms with van der Waals surface area (Å²) in [5, 5.41) is 22.8. The van der Waals surface area contributed by atoms with Crippen LogP contribution in [-0.2, 0) is 26.6 Å². The van der Waals surface area contributed by atoms with Crippen LogP contribution in [0.4, 0.5) is 0 Å². The van der Waals surface area contributed by atoms with Gasteiger partial charge in [0.2, 0.25) is 0 Å². The standard InChI is InChI=1S/C29H32N6O2/c1-3-19-11-21-8-4-5-9-22(21)17-34(15-19)16-20-7-6-10-23(12-20)35-28(26(14-30-35)29(36)37)25-13-24(25)27-18-33(2)32-31-27/h4-10,12,14,18-19,24-25H,3,11,13,15-17H2,1-2H3,(H,36,37)/t19-,24+,25+/m0/s1. The zero-order chi connectivity index (χ0) is 25.5. The van der Waals surface area contributed by atoms with Gasteiger partial charge in [0.25, 0.3) is 0 Å². The van der Waals surface area contributed by atoms with Crippen molar-refractivity contribution in [1.29, 1.82) is 0 Å². The predicted octanol–water partition coefficient (Wildman–Crippen LogP) is 4.55. The number of carboxylic acid groups (broad SMARTS) is 1. The molecule has 0 unspecified atom stereocenters. The molecule has 1 saturated carbocycles. The Bertz CT molecular complexity index is 1440. The molecule has 0 amide bonds. The summed E-state index contributed by atoms with van der Waals surface area (Å²) >= 11 is 0. The van der Waals surface area contributed by atoms with Crippen molar-refractivity contribution >= 4 is 5.97 Å². The molecule has 1 N–H and O–H groups in total. The smallest absolute Gasteiger partial charge is 0.339 e. The van der Waals surface area contributed by atoms with Gasteiger partial charge in [-0.15, -0.1) is 5.10 Å². The Hall–Kier alpha value is -3.78. The Morgan fingerprint density at radius 1 is 1.11 bits per heavy atom. The van der Waals surface area contributed by atoms with E-state index in [9.17, 15) is 9.90 Å². The van der Waals surface area contributed by atoms with Crippen molar-refractivity contribution in [2.75, 3.05) is 6.54 Å². The van der Waals surface area contributed by atoms with E-state index >= 15 is 0 Å². The first kappa shape index (κ1) is 23.6. The van der Waals surface area contributed by atoms with Gasteiger partial charge in [0.1, 0.15) is 5.56 Å². The highest BCUT2D eigenvalue weighted by atomic mass is 16.4. The van der Waals surface area contributed by atoms with Crippen molar-refractivity contribution in [2.24, 2.45) is 13.0 Å². The highest BCUT2D eigenvalue weighted by Gasteiger charge is 2.46. The number of aryl methyl sites for hydroxylation is 1. The third-order valence-electron chi connectivity index (χ3n) is 7.85. The Morgan fingerprint density at radius 2 is 1.95 bits per heavy atom. The Labute approximate surface area is 216 Å². The zero-order valence-corrected chi connectivity index (χ0v) is 21.3. The highest BCUT2D eigenvalue weighted by Crippen LogP contribution is 2.55. The molecule has 8 nitrogen and oxygen atoms in total. The second-order valence-corrected chi connectivity index (χ2v) is 10.5. The van der Waals surface area contributed by atoms with E-state index in [0.29, 0.717) is 5.92 Å². The second kappa shape index (κ2) is 9.59. The van der Waals surface area contributed by atoms with E-state index in [2.05, 4.69) is 63.6 Å². The van der Waals surface area contributed by atoms with Gasteiger partial charge in [-0.1, -0.05) is 55.0 Å². The molecular formula is C29H32N6O2. The molecule has 2 aromatic heterocycles. The molecule has 2 aromatic carbocycles. The van der Waals surface area contributed by atoms with Crippen LogP contribution in [0.5, 0.6) is 0 Å². The third kappa shape index (κ3) is 4.69. The maximum absolute atomic E-state index is 12.1. The lowest BCUT2D eigenvalue weighted by Crippen LogP contribution is -2.27. The summed E-state index contributed by atoms with van der Waals surface area (Å²) in [4.78, 5) is 14.6. The highest BCUT2D eigenvalue weighted by molar-refractivity contribution is 5.89. The maximum atomic E-state index is 12.1. The Morgan fingerprint density at radius 3 is 2.70 bits per heavy atom. The van der Waals surface area contributed by atoms with E-state index in [1.54, 1.807) is 4.68 Å². The van der Waals surface area contributed by atoms with E-state index in [-0.39, 0.29) is 17.4 Å². The molecule has 3 atom stereocenters. The summed E-state index contributed by atoms with van der Waals surface area (Å²) in [7, 11) is 1.85. The molecule has 0 saturated heterocycles. The number of fused-ring (bicyclic) bond motifs is 1. The van der Waals surface area contributed by atoms with Crippen molar-refractivity contribution < 1.29 is 9.90 Å². The summed E-state index contributed by atoms with van der Waals surface area (Å²) < 4.78 is 3.51. The minimum absolute atomic E-state index is 0.0568. The van der Waals surface area contributed by atoms with Crippen LogP contribution in [0.3, 0.4) is 0 Å². The molecule has 1 aliphatic carbocycles. The molecule has 0 bridgehead atoms. The summed E-state index contributed by atoms with van der Waals surface area (Å²) in [6, 6.07) is 17.2. The molecule has 3 heterocycles. The van der Waals surface area contributed by atoms with E-state index in [1.165, 1.54) is 22.9 Å². The summed E-state index contributed by atoms with van der Waals surface area (Å²) in [5.74, 6) is -0.0958. The molecule has 0 radical (unpaired) electrons. The van der Waals surface area contributed by atoms with Gasteiger partial charge in [0.05, 0.1) is 23.3 Å². The first-order valence-corrected chi connectivity index (χ1v) is 13.1. The SMILES string of the molecule is CC[C@H]1Cc2ccccc2CN(Cc2cccc(-n3ncc(C(=O)O)c3[C@@H]3C[C@H]3c3cn(C)nn3)c2)C1. The van der Waals surface area contributed by atoms with Crippen LogP contribution in [0.15, 0.2) is 60.9 Å². The van der Waals surface area contributed by atoms with E-state index < -0.39 is 5.97 Å². The predicted molar refractivity (Wildman–Crippen MR) is 140 cm³/mol. The number of rotatable bonds is 7. The van der Waals surface area contributed by atoms with Crippen LogP contribution in [0, 0.1) is 5.92 Å². The van der Waals surface area contributed by atoms with Gasteiger partial charge in [-0.3, -0.25) is 9.58 Å². The molecule has 2 aliphatic rings. The molecule has 0 spiro atoms. The summed E-state index contributed by atoms with van der Waals surface area (Å²) in [6.07, 6.45) is 6.53. The molecule has 190 valence electrons. The van der Waals surface area contributed by atoms with E-state index in [1.807, 2.05) is 30.1 Å². The van der Waals surface area contributed by atoms with Gasteiger partial charge in [-0.2, -0.15) is 5.10 Å². The van der Waals surface area contributed by atoms with Gasteiger partial charge in [-0.25, -0.2) is 9.48 Å². The number of benzene rings is 2. The maximum Gasteiger partial charge on any atom is 0.339 e. The van der Waals surface area contributed by atoms with Gasteiger partial charge < -0.3 is 5.11 Å². The fourth-order valence-corrected chi connectivity index (χ4v) is 5.84. The Kier molecular flexibility index (Phi) is 6.12. The molecule has 1 aliphatic heterocycles. The third-order valence-corrected chi connectivity index (χ3v) is 7.85. The minimum atomic E-state index is -0.948.